The topological polar surface area (TPSA) is 170 Å². The van der Waals surface area contributed by atoms with Crippen LogP contribution in [0.15, 0.2) is 152 Å². The maximum Gasteiger partial charge on any atom is 0.187 e. The van der Waals surface area contributed by atoms with Gasteiger partial charge in [-0.3, -0.25) is 0 Å². The van der Waals surface area contributed by atoms with Crippen LogP contribution in [0, 0.1) is 0 Å². The van der Waals surface area contributed by atoms with Crippen molar-refractivity contribution in [2.45, 2.75) is 124 Å². The SMILES string of the molecule is CO[C@H]1O[C@@H]2COC(c3ccccc3)O[C@H]2[C@H](O[C@@H]2O[C@@H]3COC(c4ccccc4)O[C@H]3[C@H](O[C@@H]3O[C@@H]4COC(c5ccccc5)O[C@H]4[C@H](OCc4ccccc4)[C@@H]3OCc3ccccc3)[C@@H]2O)[C@H]1O. The molecule has 0 bridgehead atoms. The molecular weight excluding hydrogens is 905 g/mol. The van der Waals surface area contributed by atoms with E-state index in [1.807, 2.05) is 152 Å². The van der Waals surface area contributed by atoms with Gasteiger partial charge in [-0.2, -0.15) is 0 Å². The number of ether oxygens (including phenoxy) is 14. The minimum atomic E-state index is -1.56. The van der Waals surface area contributed by atoms with E-state index in [-0.39, 0.29) is 33.0 Å². The van der Waals surface area contributed by atoms with Crippen molar-refractivity contribution in [2.24, 2.45) is 0 Å². The fourth-order valence-corrected chi connectivity index (χ4v) is 9.95. The van der Waals surface area contributed by atoms with Crippen LogP contribution in [-0.2, 0) is 79.5 Å². The second-order valence-electron chi connectivity index (χ2n) is 18.1. The van der Waals surface area contributed by atoms with Gasteiger partial charge in [0.1, 0.15) is 73.2 Å². The van der Waals surface area contributed by atoms with Crippen molar-refractivity contribution in [3.05, 3.63) is 179 Å². The smallest absolute Gasteiger partial charge is 0.187 e. The number of hydrogen-bond donors (Lipinski definition) is 2. The molecule has 3 unspecified atom stereocenters. The van der Waals surface area contributed by atoms with Crippen LogP contribution < -0.4 is 0 Å². The standard InChI is InChI=1S/C54H58O16/c1-57-52-40(55)45(42-37(63-52)29-60-49(66-42)34-21-11-4-12-22-34)69-53-41(56)46(43-38(64-53)30-61-50(67-43)35-23-13-5-14-24-35)70-54-48(59-28-33-19-9-3-10-20-33)47(58-27-32-17-7-2-8-18-32)44-39(65-54)31-62-51(68-44)36-25-15-6-16-26-36/h2-26,37-56H,27-31H2,1H3/t37-,38-,39-,40-,41+,42-,43-,44-,45-,46-,47+,48+,49?,50?,51?,52+,53+,54+/m1/s1. The molecule has 5 aromatic rings. The Morgan fingerprint density at radius 3 is 1.17 bits per heavy atom. The van der Waals surface area contributed by atoms with E-state index >= 15 is 0 Å². The summed E-state index contributed by atoms with van der Waals surface area (Å²) >= 11 is 0. The van der Waals surface area contributed by atoms with Crippen LogP contribution in [-0.4, -0.2) is 129 Å². The summed E-state index contributed by atoms with van der Waals surface area (Å²) in [6.45, 7) is 0.678. The maximum atomic E-state index is 12.7. The molecule has 16 heteroatoms. The Morgan fingerprint density at radius 2 is 0.743 bits per heavy atom. The molecule has 6 saturated heterocycles. The number of aliphatic hydroxyl groups is 2. The molecule has 0 amide bonds. The first-order valence-electron chi connectivity index (χ1n) is 23.9. The Morgan fingerprint density at radius 1 is 0.400 bits per heavy atom. The van der Waals surface area contributed by atoms with Crippen LogP contribution in [0.3, 0.4) is 0 Å². The van der Waals surface area contributed by atoms with Gasteiger partial charge in [-0.25, -0.2) is 0 Å². The van der Waals surface area contributed by atoms with Crippen molar-refractivity contribution in [3.8, 4) is 0 Å². The zero-order chi connectivity index (χ0) is 47.4. The molecule has 0 saturated carbocycles. The molecule has 370 valence electrons. The summed E-state index contributed by atoms with van der Waals surface area (Å²) in [5.41, 5.74) is 4.23. The molecular formula is C54H58O16. The zero-order valence-corrected chi connectivity index (χ0v) is 38.5. The van der Waals surface area contributed by atoms with E-state index in [2.05, 4.69) is 0 Å². The molecule has 6 aliphatic rings. The van der Waals surface area contributed by atoms with Crippen LogP contribution >= 0.6 is 0 Å². The number of fused-ring (bicyclic) bond motifs is 3. The predicted molar refractivity (Wildman–Crippen MR) is 245 cm³/mol. The molecule has 0 aliphatic carbocycles. The summed E-state index contributed by atoms with van der Waals surface area (Å²) < 4.78 is 91.4. The summed E-state index contributed by atoms with van der Waals surface area (Å²) in [5, 5.41) is 24.6. The average Bonchev–Trinajstić information content (AvgIpc) is 3.42. The molecule has 11 rings (SSSR count). The van der Waals surface area contributed by atoms with E-state index in [1.54, 1.807) is 0 Å². The van der Waals surface area contributed by atoms with Crippen molar-refractivity contribution in [2.75, 3.05) is 26.9 Å². The van der Waals surface area contributed by atoms with Gasteiger partial charge in [-0.05, 0) is 11.1 Å². The lowest BCUT2D eigenvalue weighted by Gasteiger charge is -2.53. The van der Waals surface area contributed by atoms with Gasteiger partial charge in [-0.15, -0.1) is 0 Å². The third-order valence-electron chi connectivity index (χ3n) is 13.5. The highest BCUT2D eigenvalue weighted by Crippen LogP contribution is 2.43. The molecule has 0 spiro atoms. The lowest BCUT2D eigenvalue weighted by atomic mass is 9.94. The molecule has 6 aliphatic heterocycles. The fourth-order valence-electron chi connectivity index (χ4n) is 9.95. The molecule has 6 heterocycles. The number of hydrogen-bond acceptors (Lipinski definition) is 16. The zero-order valence-electron chi connectivity index (χ0n) is 38.5. The average molecular weight is 963 g/mol. The van der Waals surface area contributed by atoms with Crippen LogP contribution in [0.5, 0.6) is 0 Å². The molecule has 16 nitrogen and oxygen atoms in total. The van der Waals surface area contributed by atoms with Gasteiger partial charge in [0.05, 0.1) is 33.0 Å². The second-order valence-corrected chi connectivity index (χ2v) is 18.1. The van der Waals surface area contributed by atoms with Gasteiger partial charge < -0.3 is 76.5 Å². The Labute approximate surface area is 406 Å². The Bertz CT molecular complexity index is 2370. The largest absolute Gasteiger partial charge is 0.385 e. The Hall–Kier alpha value is -4.54. The van der Waals surface area contributed by atoms with Gasteiger partial charge in [0.25, 0.3) is 0 Å². The van der Waals surface area contributed by atoms with E-state index in [0.29, 0.717) is 0 Å². The third-order valence-corrected chi connectivity index (χ3v) is 13.5. The highest BCUT2D eigenvalue weighted by molar-refractivity contribution is 5.20. The first kappa shape index (κ1) is 47.8. The van der Waals surface area contributed by atoms with E-state index < -0.39 is 111 Å². The first-order valence-corrected chi connectivity index (χ1v) is 23.9. The molecule has 0 aromatic heterocycles. The van der Waals surface area contributed by atoms with E-state index in [0.717, 1.165) is 27.8 Å². The van der Waals surface area contributed by atoms with Crippen molar-refractivity contribution in [1.82, 2.24) is 0 Å². The van der Waals surface area contributed by atoms with Crippen LogP contribution in [0.2, 0.25) is 0 Å². The molecule has 6 fully saturated rings. The molecule has 70 heavy (non-hydrogen) atoms. The summed E-state index contributed by atoms with van der Waals surface area (Å²) in [6, 6.07) is 48.3. The summed E-state index contributed by atoms with van der Waals surface area (Å²) in [7, 11) is 1.43. The van der Waals surface area contributed by atoms with Crippen molar-refractivity contribution >= 4 is 0 Å². The van der Waals surface area contributed by atoms with E-state index in [4.69, 9.17) is 66.3 Å². The quantitative estimate of drug-likeness (QED) is 0.137. The Balaban J connectivity index is 0.925. The molecule has 0 radical (unpaired) electrons. The van der Waals surface area contributed by atoms with Crippen LogP contribution in [0.1, 0.15) is 46.7 Å². The minimum Gasteiger partial charge on any atom is -0.385 e. The number of rotatable bonds is 14. The van der Waals surface area contributed by atoms with Gasteiger partial charge in [0.15, 0.2) is 37.7 Å². The fraction of sp³-hybridized carbons (Fsp3) is 0.444. The van der Waals surface area contributed by atoms with E-state index in [1.165, 1.54) is 7.11 Å². The molecule has 2 N–H and O–H groups in total. The Kier molecular flexibility index (Phi) is 15.1. The number of benzene rings is 5. The predicted octanol–water partition coefficient (Wildman–Crippen LogP) is 5.81. The molecule has 5 aromatic carbocycles. The molecule has 18 atom stereocenters. The van der Waals surface area contributed by atoms with Gasteiger partial charge in [0, 0.05) is 23.8 Å². The van der Waals surface area contributed by atoms with E-state index in [9.17, 15) is 10.2 Å². The number of aliphatic hydroxyl groups excluding tert-OH is 2. The second kappa shape index (κ2) is 22.1. The van der Waals surface area contributed by atoms with Crippen molar-refractivity contribution < 1.29 is 76.5 Å². The summed E-state index contributed by atoms with van der Waals surface area (Å²) in [5.74, 6) is 0. The van der Waals surface area contributed by atoms with Crippen LogP contribution in [0.4, 0.5) is 0 Å². The van der Waals surface area contributed by atoms with Gasteiger partial charge in [-0.1, -0.05) is 152 Å². The maximum absolute atomic E-state index is 12.7. The highest BCUT2D eigenvalue weighted by Gasteiger charge is 2.59. The first-order chi connectivity index (χ1) is 34.5. The summed E-state index contributed by atoms with van der Waals surface area (Å²) in [4.78, 5) is 0. The summed E-state index contributed by atoms with van der Waals surface area (Å²) in [6.07, 6.45) is -17.8. The lowest BCUT2D eigenvalue weighted by Crippen LogP contribution is -2.69. The van der Waals surface area contributed by atoms with Crippen molar-refractivity contribution in [1.29, 1.82) is 0 Å². The third kappa shape index (κ3) is 10.4. The number of methoxy groups -OCH3 is 1. The van der Waals surface area contributed by atoms with Crippen LogP contribution in [0.25, 0.3) is 0 Å². The normalized spacial score (nSPS) is 37.4. The van der Waals surface area contributed by atoms with Gasteiger partial charge >= 0.3 is 0 Å². The van der Waals surface area contributed by atoms with Crippen molar-refractivity contribution in [3.63, 3.8) is 0 Å². The highest BCUT2D eigenvalue weighted by atomic mass is 16.8. The monoisotopic (exact) mass is 962 g/mol. The van der Waals surface area contributed by atoms with Gasteiger partial charge in [0.2, 0.25) is 0 Å². The minimum absolute atomic E-state index is 0.0374. The lowest BCUT2D eigenvalue weighted by molar-refractivity contribution is -0.423.